The minimum absolute atomic E-state index is 0.107. The van der Waals surface area contributed by atoms with E-state index in [0.29, 0.717) is 17.1 Å². The fourth-order valence-corrected chi connectivity index (χ4v) is 1.68. The number of carbonyl (C=O) groups is 3. The van der Waals surface area contributed by atoms with E-state index in [1.807, 2.05) is 0 Å². The molecule has 0 bridgehead atoms. The maximum Gasteiger partial charge on any atom is 0.329 e. The first kappa shape index (κ1) is 17.7. The number of carbonyl (C=O) groups excluding carboxylic acids is 3. The lowest BCUT2D eigenvalue weighted by Crippen LogP contribution is -2.37. The molecule has 9 nitrogen and oxygen atoms in total. The first-order valence-electron chi connectivity index (χ1n) is 7.19. The molecule has 0 aliphatic heterocycles. The number of benzene rings is 1. The van der Waals surface area contributed by atoms with Crippen LogP contribution >= 0.6 is 0 Å². The summed E-state index contributed by atoms with van der Waals surface area (Å²) in [5, 5.41) is 6.08. The number of nitrogens with two attached hydrogens (primary N) is 1. The fraction of sp³-hybridized carbons (Fsp3) is 0.125. The van der Waals surface area contributed by atoms with Crippen LogP contribution in [-0.2, 0) is 20.9 Å². The zero-order valence-corrected chi connectivity index (χ0v) is 13.1. The standard InChI is InChI=1S/C16H16N4O5/c17-14(21)10-25-12-5-3-11(4-6-12)8-19-20-16(23)15(22)18-9-13-2-1-7-24-13/h1-8H,9-10H2,(H2,17,21)(H,18,22)(H,20,23)/b19-8-. The van der Waals surface area contributed by atoms with E-state index in [1.165, 1.54) is 12.5 Å². The number of rotatable bonds is 7. The van der Waals surface area contributed by atoms with Crippen molar-refractivity contribution in [3.05, 3.63) is 54.0 Å². The smallest absolute Gasteiger partial charge is 0.329 e. The summed E-state index contributed by atoms with van der Waals surface area (Å²) in [6.07, 6.45) is 2.83. The van der Waals surface area contributed by atoms with E-state index in [9.17, 15) is 14.4 Å². The summed E-state index contributed by atoms with van der Waals surface area (Å²) in [5.41, 5.74) is 7.74. The molecule has 0 radical (unpaired) electrons. The van der Waals surface area contributed by atoms with Gasteiger partial charge in [0.25, 0.3) is 5.91 Å². The molecule has 2 aromatic rings. The maximum atomic E-state index is 11.6. The summed E-state index contributed by atoms with van der Waals surface area (Å²) < 4.78 is 10.1. The quantitative estimate of drug-likeness (QED) is 0.366. The van der Waals surface area contributed by atoms with Crippen LogP contribution in [0.15, 0.2) is 52.2 Å². The average Bonchev–Trinajstić information content (AvgIpc) is 3.12. The number of hydrogen-bond donors (Lipinski definition) is 3. The lowest BCUT2D eigenvalue weighted by atomic mass is 10.2. The van der Waals surface area contributed by atoms with Crippen LogP contribution in [0.1, 0.15) is 11.3 Å². The molecule has 0 atom stereocenters. The highest BCUT2D eigenvalue weighted by Gasteiger charge is 2.12. The van der Waals surface area contributed by atoms with Gasteiger partial charge in [-0.25, -0.2) is 5.43 Å². The summed E-state index contributed by atoms with van der Waals surface area (Å²) >= 11 is 0. The third kappa shape index (κ3) is 6.18. The predicted molar refractivity (Wildman–Crippen MR) is 87.4 cm³/mol. The molecule has 130 valence electrons. The van der Waals surface area contributed by atoms with Crippen molar-refractivity contribution in [1.82, 2.24) is 10.7 Å². The van der Waals surface area contributed by atoms with Crippen molar-refractivity contribution in [3.8, 4) is 5.75 Å². The number of hydrazone groups is 1. The van der Waals surface area contributed by atoms with Gasteiger partial charge in [0.05, 0.1) is 19.0 Å². The van der Waals surface area contributed by atoms with E-state index in [1.54, 1.807) is 36.4 Å². The van der Waals surface area contributed by atoms with Crippen molar-refractivity contribution in [2.45, 2.75) is 6.54 Å². The number of nitrogens with one attached hydrogen (secondary N) is 2. The fourth-order valence-electron chi connectivity index (χ4n) is 1.68. The minimum Gasteiger partial charge on any atom is -0.484 e. The molecule has 0 fully saturated rings. The molecule has 25 heavy (non-hydrogen) atoms. The Bertz CT molecular complexity index is 753. The Hall–Kier alpha value is -3.62. The highest BCUT2D eigenvalue weighted by Crippen LogP contribution is 2.10. The van der Waals surface area contributed by atoms with Gasteiger partial charge in [0.1, 0.15) is 11.5 Å². The number of hydrogen-bond acceptors (Lipinski definition) is 6. The molecule has 1 heterocycles. The molecule has 3 amide bonds. The monoisotopic (exact) mass is 344 g/mol. The second kappa shape index (κ2) is 8.87. The Kier molecular flexibility index (Phi) is 6.29. The van der Waals surface area contributed by atoms with Crippen LogP contribution < -0.4 is 21.2 Å². The average molecular weight is 344 g/mol. The van der Waals surface area contributed by atoms with Crippen LogP contribution in [0, 0.1) is 0 Å². The molecule has 0 saturated heterocycles. The van der Waals surface area contributed by atoms with Crippen LogP contribution in [0.3, 0.4) is 0 Å². The first-order valence-corrected chi connectivity index (χ1v) is 7.19. The third-order valence-electron chi connectivity index (χ3n) is 2.85. The Morgan fingerprint density at radius 2 is 1.92 bits per heavy atom. The Labute approximate surface area is 142 Å². The molecule has 0 unspecified atom stereocenters. The van der Waals surface area contributed by atoms with E-state index in [2.05, 4.69) is 15.8 Å². The lowest BCUT2D eigenvalue weighted by molar-refractivity contribution is -0.139. The second-order valence-corrected chi connectivity index (χ2v) is 4.79. The molecule has 2 rings (SSSR count). The second-order valence-electron chi connectivity index (χ2n) is 4.79. The van der Waals surface area contributed by atoms with E-state index >= 15 is 0 Å². The van der Waals surface area contributed by atoms with E-state index < -0.39 is 17.7 Å². The molecular weight excluding hydrogens is 328 g/mol. The van der Waals surface area contributed by atoms with Gasteiger partial charge in [0.15, 0.2) is 6.61 Å². The van der Waals surface area contributed by atoms with Gasteiger partial charge >= 0.3 is 11.8 Å². The summed E-state index contributed by atoms with van der Waals surface area (Å²) in [5.74, 6) is -1.30. The normalized spacial score (nSPS) is 10.4. The topological polar surface area (TPSA) is 136 Å². The molecule has 9 heteroatoms. The summed E-state index contributed by atoms with van der Waals surface area (Å²) in [7, 11) is 0. The van der Waals surface area contributed by atoms with Crippen molar-refractivity contribution in [1.29, 1.82) is 0 Å². The third-order valence-corrected chi connectivity index (χ3v) is 2.85. The van der Waals surface area contributed by atoms with Gasteiger partial charge in [0, 0.05) is 0 Å². The Morgan fingerprint density at radius 1 is 1.16 bits per heavy atom. The maximum absolute atomic E-state index is 11.6. The van der Waals surface area contributed by atoms with E-state index in [4.69, 9.17) is 14.9 Å². The van der Waals surface area contributed by atoms with Crippen molar-refractivity contribution in [2.24, 2.45) is 10.8 Å². The molecular formula is C16H16N4O5. The van der Waals surface area contributed by atoms with Crippen LogP contribution in [0.5, 0.6) is 5.75 Å². The van der Waals surface area contributed by atoms with Gasteiger partial charge < -0.3 is 20.2 Å². The largest absolute Gasteiger partial charge is 0.484 e. The predicted octanol–water partition coefficient (Wildman–Crippen LogP) is -0.0898. The van der Waals surface area contributed by atoms with Crippen molar-refractivity contribution in [3.63, 3.8) is 0 Å². The molecule has 0 aliphatic rings. The summed E-state index contributed by atoms with van der Waals surface area (Å²) in [6, 6.07) is 9.89. The van der Waals surface area contributed by atoms with Crippen LogP contribution in [-0.4, -0.2) is 30.5 Å². The molecule has 4 N–H and O–H groups in total. The van der Waals surface area contributed by atoms with Gasteiger partial charge in [-0.1, -0.05) is 0 Å². The lowest BCUT2D eigenvalue weighted by Gasteiger charge is -2.03. The number of primary amides is 1. The molecule has 1 aromatic heterocycles. The van der Waals surface area contributed by atoms with Crippen molar-refractivity contribution >= 4 is 23.9 Å². The van der Waals surface area contributed by atoms with Crippen LogP contribution in [0.2, 0.25) is 0 Å². The number of furan rings is 1. The molecule has 0 spiro atoms. The Morgan fingerprint density at radius 3 is 2.56 bits per heavy atom. The molecule has 1 aromatic carbocycles. The first-order chi connectivity index (χ1) is 12.0. The SMILES string of the molecule is NC(=O)COc1ccc(/C=N\NC(=O)C(=O)NCc2ccco2)cc1. The van der Waals surface area contributed by atoms with Gasteiger partial charge in [-0.05, 0) is 42.0 Å². The minimum atomic E-state index is -0.899. The van der Waals surface area contributed by atoms with Gasteiger partial charge in [-0.3, -0.25) is 14.4 Å². The van der Waals surface area contributed by atoms with Gasteiger partial charge in [-0.2, -0.15) is 5.10 Å². The van der Waals surface area contributed by atoms with Crippen LogP contribution in [0.25, 0.3) is 0 Å². The zero-order chi connectivity index (χ0) is 18.1. The summed E-state index contributed by atoms with van der Waals surface area (Å²) in [4.78, 5) is 33.7. The van der Waals surface area contributed by atoms with Gasteiger partial charge in [-0.15, -0.1) is 0 Å². The van der Waals surface area contributed by atoms with Crippen molar-refractivity contribution in [2.75, 3.05) is 6.61 Å². The highest BCUT2D eigenvalue weighted by molar-refractivity contribution is 6.35. The molecule has 0 aliphatic carbocycles. The van der Waals surface area contributed by atoms with E-state index in [0.717, 1.165) is 0 Å². The molecule has 0 saturated carbocycles. The van der Waals surface area contributed by atoms with Crippen molar-refractivity contribution < 1.29 is 23.5 Å². The Balaban J connectivity index is 1.76. The van der Waals surface area contributed by atoms with E-state index in [-0.39, 0.29) is 13.2 Å². The zero-order valence-electron chi connectivity index (χ0n) is 13.1. The number of amides is 3. The summed E-state index contributed by atoms with van der Waals surface area (Å²) in [6.45, 7) is -0.105. The van der Waals surface area contributed by atoms with Gasteiger partial charge in [0.2, 0.25) is 0 Å². The highest BCUT2D eigenvalue weighted by atomic mass is 16.5. The number of nitrogens with zero attached hydrogens (tertiary/aromatic N) is 1. The van der Waals surface area contributed by atoms with Crippen LogP contribution in [0.4, 0.5) is 0 Å². The number of ether oxygens (including phenoxy) is 1.